The molecule has 1 saturated heterocycles. The molecule has 11 nitrogen and oxygen atoms in total. The number of nitrogens with zero attached hydrogens (tertiary/aromatic N) is 4. The molecule has 37 heavy (non-hydrogen) atoms. The standard InChI is InChI=1S/C25H18N4O7S/c1-35-14-7-8-15(18(12-14)36-2)22(30)20-21(17-5-3-4-10-26-17)28(24(32)23(20)31)25-27-16-9-6-13(29(33)34)11-19(16)37-25/h3-12,21,30H,1-2H3/b22-20+. The topological polar surface area (TPSA) is 145 Å². The molecule has 12 heteroatoms. The number of amides is 1. The fourth-order valence-corrected chi connectivity index (χ4v) is 5.13. The number of aromatic nitrogens is 2. The maximum absolute atomic E-state index is 13.4. The minimum Gasteiger partial charge on any atom is -0.507 e. The van der Waals surface area contributed by atoms with Crippen LogP contribution in [0.15, 0.2) is 66.4 Å². The van der Waals surface area contributed by atoms with Crippen molar-refractivity contribution in [1.82, 2.24) is 9.97 Å². The summed E-state index contributed by atoms with van der Waals surface area (Å²) in [6.07, 6.45) is 1.51. The third-order valence-electron chi connectivity index (χ3n) is 5.85. The summed E-state index contributed by atoms with van der Waals surface area (Å²) < 4.78 is 11.1. The molecule has 186 valence electrons. The molecule has 1 aliphatic rings. The summed E-state index contributed by atoms with van der Waals surface area (Å²) in [6, 6.07) is 12.7. The molecular weight excluding hydrogens is 500 g/mol. The molecule has 0 bridgehead atoms. The van der Waals surface area contributed by atoms with Gasteiger partial charge in [0, 0.05) is 24.4 Å². The number of nitro benzene ring substituents is 1. The van der Waals surface area contributed by atoms with Gasteiger partial charge in [0.2, 0.25) is 0 Å². The number of Topliss-reactive ketones (excluding diaryl/α,β-unsaturated/α-hetero) is 1. The van der Waals surface area contributed by atoms with Crippen LogP contribution in [0.1, 0.15) is 17.3 Å². The second-order valence-electron chi connectivity index (χ2n) is 7.90. The molecule has 0 aliphatic carbocycles. The minimum atomic E-state index is -1.11. The third kappa shape index (κ3) is 4.02. The van der Waals surface area contributed by atoms with Crippen molar-refractivity contribution in [2.75, 3.05) is 19.1 Å². The van der Waals surface area contributed by atoms with Gasteiger partial charge in [-0.25, -0.2) is 4.98 Å². The summed E-state index contributed by atoms with van der Waals surface area (Å²) in [7, 11) is 2.88. The molecule has 1 fully saturated rings. The number of aliphatic hydroxyl groups excluding tert-OH is 1. The Bertz CT molecular complexity index is 1600. The molecule has 0 spiro atoms. The lowest BCUT2D eigenvalue weighted by Gasteiger charge is -2.22. The van der Waals surface area contributed by atoms with Crippen LogP contribution in [0.2, 0.25) is 0 Å². The molecular formula is C25H18N4O7S. The van der Waals surface area contributed by atoms with Crippen LogP contribution in [0.5, 0.6) is 11.5 Å². The van der Waals surface area contributed by atoms with Crippen molar-refractivity contribution in [3.8, 4) is 11.5 Å². The molecule has 2 aromatic carbocycles. The maximum atomic E-state index is 13.4. The lowest BCUT2D eigenvalue weighted by atomic mass is 9.98. The van der Waals surface area contributed by atoms with Crippen molar-refractivity contribution >= 4 is 49.8 Å². The van der Waals surface area contributed by atoms with Gasteiger partial charge in [0.15, 0.2) is 5.13 Å². The van der Waals surface area contributed by atoms with Gasteiger partial charge < -0.3 is 14.6 Å². The van der Waals surface area contributed by atoms with Crippen LogP contribution in [0.25, 0.3) is 16.0 Å². The van der Waals surface area contributed by atoms with Gasteiger partial charge in [0.25, 0.3) is 11.5 Å². The first kappa shape index (κ1) is 23.9. The first-order valence-electron chi connectivity index (χ1n) is 10.8. The van der Waals surface area contributed by atoms with Crippen molar-refractivity contribution in [2.24, 2.45) is 0 Å². The zero-order chi connectivity index (χ0) is 26.3. The molecule has 1 amide bonds. The molecule has 1 N–H and O–H groups in total. The van der Waals surface area contributed by atoms with Gasteiger partial charge in [-0.1, -0.05) is 17.4 Å². The van der Waals surface area contributed by atoms with E-state index in [2.05, 4.69) is 9.97 Å². The average molecular weight is 519 g/mol. The lowest BCUT2D eigenvalue weighted by molar-refractivity contribution is -0.384. The van der Waals surface area contributed by atoms with E-state index in [0.717, 1.165) is 16.2 Å². The van der Waals surface area contributed by atoms with E-state index in [1.54, 1.807) is 30.3 Å². The highest BCUT2D eigenvalue weighted by molar-refractivity contribution is 7.22. The van der Waals surface area contributed by atoms with E-state index in [4.69, 9.17) is 9.47 Å². The number of carbonyl (C=O) groups is 2. The highest BCUT2D eigenvalue weighted by Crippen LogP contribution is 2.45. The molecule has 1 aliphatic heterocycles. The summed E-state index contributed by atoms with van der Waals surface area (Å²) in [4.78, 5) is 47.3. The Kier molecular flexibility index (Phi) is 6.01. The first-order valence-corrected chi connectivity index (χ1v) is 11.6. The largest absolute Gasteiger partial charge is 0.507 e. The number of ether oxygens (including phenoxy) is 2. The molecule has 4 aromatic rings. The Morgan fingerprint density at radius 2 is 1.92 bits per heavy atom. The molecule has 1 atom stereocenters. The second-order valence-corrected chi connectivity index (χ2v) is 8.90. The Morgan fingerprint density at radius 1 is 1.11 bits per heavy atom. The number of benzene rings is 2. The normalized spacial score (nSPS) is 16.8. The summed E-state index contributed by atoms with van der Waals surface area (Å²) in [5, 5.41) is 22.7. The minimum absolute atomic E-state index is 0.127. The van der Waals surface area contributed by atoms with Crippen molar-refractivity contribution in [3.05, 3.63) is 87.7 Å². The smallest absolute Gasteiger partial charge is 0.301 e. The highest BCUT2D eigenvalue weighted by atomic mass is 32.1. The quantitative estimate of drug-likeness (QED) is 0.130. The van der Waals surface area contributed by atoms with Gasteiger partial charge in [-0.15, -0.1) is 0 Å². The van der Waals surface area contributed by atoms with E-state index < -0.39 is 28.4 Å². The Hall–Kier alpha value is -4.84. The van der Waals surface area contributed by atoms with E-state index in [0.29, 0.717) is 21.7 Å². The molecule has 2 aromatic heterocycles. The number of non-ortho nitro benzene ring substituents is 1. The number of methoxy groups -OCH3 is 2. The van der Waals surface area contributed by atoms with Crippen LogP contribution >= 0.6 is 11.3 Å². The first-order chi connectivity index (χ1) is 17.8. The van der Waals surface area contributed by atoms with E-state index in [1.807, 2.05) is 0 Å². The maximum Gasteiger partial charge on any atom is 0.301 e. The summed E-state index contributed by atoms with van der Waals surface area (Å²) in [5.41, 5.74) is 0.599. The monoisotopic (exact) mass is 518 g/mol. The number of nitro groups is 1. The van der Waals surface area contributed by atoms with Crippen molar-refractivity contribution < 1.29 is 29.1 Å². The predicted molar refractivity (Wildman–Crippen MR) is 135 cm³/mol. The number of pyridine rings is 1. The molecule has 0 saturated carbocycles. The van der Waals surface area contributed by atoms with Crippen LogP contribution in [-0.2, 0) is 9.59 Å². The van der Waals surface area contributed by atoms with Crippen LogP contribution in [0.4, 0.5) is 10.8 Å². The third-order valence-corrected chi connectivity index (χ3v) is 6.87. The molecule has 0 radical (unpaired) electrons. The van der Waals surface area contributed by atoms with Gasteiger partial charge in [-0.3, -0.25) is 29.6 Å². The summed E-state index contributed by atoms with van der Waals surface area (Å²) >= 11 is 1.02. The number of aliphatic hydroxyl groups is 1. The number of thiazole rings is 1. The number of ketones is 1. The van der Waals surface area contributed by atoms with Crippen LogP contribution in [-0.4, -0.2) is 45.9 Å². The van der Waals surface area contributed by atoms with E-state index in [-0.39, 0.29) is 27.7 Å². The fourth-order valence-electron chi connectivity index (χ4n) is 4.10. The van der Waals surface area contributed by atoms with Gasteiger partial charge in [0.05, 0.1) is 46.2 Å². The van der Waals surface area contributed by atoms with Gasteiger partial charge in [0.1, 0.15) is 23.3 Å². The van der Waals surface area contributed by atoms with Crippen LogP contribution in [0, 0.1) is 10.1 Å². The number of rotatable bonds is 6. The SMILES string of the molecule is COc1ccc(/C(O)=C2\C(=O)C(=O)N(c3nc4ccc([N+](=O)[O-])cc4s3)C2c2ccccn2)c(OC)c1. The second kappa shape index (κ2) is 9.32. The Labute approximate surface area is 213 Å². The molecule has 1 unspecified atom stereocenters. The molecule has 5 rings (SSSR count). The van der Waals surface area contributed by atoms with Gasteiger partial charge >= 0.3 is 5.91 Å². The molecule has 3 heterocycles. The summed E-state index contributed by atoms with van der Waals surface area (Å²) in [5.74, 6) is -1.60. The van der Waals surface area contributed by atoms with E-state index in [9.17, 15) is 24.8 Å². The lowest BCUT2D eigenvalue weighted by Crippen LogP contribution is -2.29. The summed E-state index contributed by atoms with van der Waals surface area (Å²) in [6.45, 7) is 0. The predicted octanol–water partition coefficient (Wildman–Crippen LogP) is 4.24. The number of hydrogen-bond donors (Lipinski definition) is 1. The highest BCUT2D eigenvalue weighted by Gasteiger charge is 2.49. The zero-order valence-electron chi connectivity index (χ0n) is 19.4. The van der Waals surface area contributed by atoms with Crippen molar-refractivity contribution in [2.45, 2.75) is 6.04 Å². The van der Waals surface area contributed by atoms with Crippen LogP contribution in [0.3, 0.4) is 0 Å². The van der Waals surface area contributed by atoms with Crippen LogP contribution < -0.4 is 14.4 Å². The van der Waals surface area contributed by atoms with Gasteiger partial charge in [-0.2, -0.15) is 0 Å². The number of hydrogen-bond acceptors (Lipinski definition) is 10. The van der Waals surface area contributed by atoms with E-state index in [1.165, 1.54) is 44.7 Å². The Morgan fingerprint density at radius 3 is 2.59 bits per heavy atom. The van der Waals surface area contributed by atoms with Crippen molar-refractivity contribution in [3.63, 3.8) is 0 Å². The van der Waals surface area contributed by atoms with Crippen molar-refractivity contribution in [1.29, 1.82) is 0 Å². The zero-order valence-corrected chi connectivity index (χ0v) is 20.3. The Balaban J connectivity index is 1.72. The number of anilines is 1. The average Bonchev–Trinajstić information content (AvgIpc) is 3.45. The van der Waals surface area contributed by atoms with E-state index >= 15 is 0 Å². The van der Waals surface area contributed by atoms with Gasteiger partial charge in [-0.05, 0) is 30.3 Å². The number of carbonyl (C=O) groups excluding carboxylic acids is 2. The fraction of sp³-hybridized carbons (Fsp3) is 0.120. The number of fused-ring (bicyclic) bond motifs is 1.